The van der Waals surface area contributed by atoms with E-state index in [1.54, 1.807) is 54.6 Å². The van der Waals surface area contributed by atoms with Gasteiger partial charge in [-0.25, -0.2) is 0 Å². The van der Waals surface area contributed by atoms with Gasteiger partial charge in [0.15, 0.2) is 0 Å². The summed E-state index contributed by atoms with van der Waals surface area (Å²) in [6.07, 6.45) is -0.897. The minimum absolute atomic E-state index is 0.0510. The van der Waals surface area contributed by atoms with Crippen LogP contribution in [0.3, 0.4) is 0 Å². The number of halogens is 2. The highest BCUT2D eigenvalue weighted by atomic mass is 19.3. The lowest BCUT2D eigenvalue weighted by molar-refractivity contribution is -0.182. The van der Waals surface area contributed by atoms with E-state index in [0.29, 0.717) is 16.9 Å². The predicted octanol–water partition coefficient (Wildman–Crippen LogP) is 3.59. The molecule has 0 spiro atoms. The van der Waals surface area contributed by atoms with Crippen molar-refractivity contribution in [2.75, 3.05) is 14.2 Å². The Morgan fingerprint density at radius 1 is 1.14 bits per heavy atom. The van der Waals surface area contributed by atoms with Crippen molar-refractivity contribution in [2.24, 2.45) is 5.92 Å². The predicted molar refractivity (Wildman–Crippen MR) is 97.8 cm³/mol. The fraction of sp³-hybridized carbons (Fsp3) is 0.333. The molecule has 1 aliphatic rings. The Kier molecular flexibility index (Phi) is 5.63. The van der Waals surface area contributed by atoms with Gasteiger partial charge in [0.25, 0.3) is 5.91 Å². The zero-order chi connectivity index (χ0) is 20.3. The number of piperidine rings is 1. The average molecular weight is 389 g/mol. The number of nitrogens with zero attached hydrogens (tertiary/aromatic N) is 1. The van der Waals surface area contributed by atoms with Crippen LogP contribution in [0.2, 0.25) is 0 Å². The van der Waals surface area contributed by atoms with Gasteiger partial charge in [0.1, 0.15) is 5.75 Å². The van der Waals surface area contributed by atoms with Crippen molar-refractivity contribution in [3.63, 3.8) is 0 Å². The van der Waals surface area contributed by atoms with Crippen LogP contribution in [0, 0.1) is 5.92 Å². The number of benzene rings is 2. The molecule has 1 saturated heterocycles. The highest BCUT2D eigenvalue weighted by molar-refractivity contribution is 5.88. The maximum absolute atomic E-state index is 14.5. The number of likely N-dealkylation sites (tertiary alicyclic amines) is 1. The number of esters is 1. The first-order chi connectivity index (χ1) is 13.4. The summed E-state index contributed by atoms with van der Waals surface area (Å²) in [5.74, 6) is -6.43. The molecule has 0 radical (unpaired) electrons. The van der Waals surface area contributed by atoms with Crippen molar-refractivity contribution in [1.82, 2.24) is 4.90 Å². The molecule has 1 amide bonds. The number of hydrogen-bond donors (Lipinski definition) is 0. The number of alkyl halides is 2. The summed E-state index contributed by atoms with van der Waals surface area (Å²) in [4.78, 5) is 26.1. The number of carbonyl (C=O) groups is 2. The van der Waals surface area contributed by atoms with E-state index in [-0.39, 0.29) is 6.54 Å². The minimum Gasteiger partial charge on any atom is -0.497 e. The largest absolute Gasteiger partial charge is 0.497 e. The smallest absolute Gasteiger partial charge is 0.325 e. The molecule has 1 heterocycles. The maximum atomic E-state index is 14.5. The standard InChI is InChI=1S/C21H21F2NO4/c1-27-16-10-6-9-15(11-16)18-17(19(25)28-2)12-21(22,23)20(26)24(18)13-14-7-4-3-5-8-14/h3-11,17-18H,12-13H2,1-2H3/t17-,18+/m1/s1. The molecule has 0 unspecified atom stereocenters. The lowest BCUT2D eigenvalue weighted by Gasteiger charge is -2.43. The summed E-state index contributed by atoms with van der Waals surface area (Å²) < 4.78 is 39.0. The Balaban J connectivity index is 2.10. The summed E-state index contributed by atoms with van der Waals surface area (Å²) in [6.45, 7) is -0.0510. The SMILES string of the molecule is COC(=O)[C@@H]1CC(F)(F)C(=O)N(Cc2ccccc2)[C@H]1c1cccc(OC)c1. The quantitative estimate of drug-likeness (QED) is 0.734. The first kappa shape index (κ1) is 19.8. The third kappa shape index (κ3) is 3.83. The van der Waals surface area contributed by atoms with Crippen LogP contribution < -0.4 is 4.74 Å². The Hall–Kier alpha value is -2.96. The molecule has 0 bridgehead atoms. The first-order valence-electron chi connectivity index (χ1n) is 8.82. The molecule has 0 N–H and O–H groups in total. The highest BCUT2D eigenvalue weighted by Crippen LogP contribution is 2.44. The van der Waals surface area contributed by atoms with E-state index in [1.807, 2.05) is 0 Å². The maximum Gasteiger partial charge on any atom is 0.325 e. The molecular weight excluding hydrogens is 368 g/mol. The molecule has 148 valence electrons. The van der Waals surface area contributed by atoms with Crippen LogP contribution in [-0.4, -0.2) is 36.9 Å². The lowest BCUT2D eigenvalue weighted by atomic mass is 9.82. The van der Waals surface area contributed by atoms with E-state index in [0.717, 1.165) is 12.0 Å². The Morgan fingerprint density at radius 3 is 2.50 bits per heavy atom. The zero-order valence-electron chi connectivity index (χ0n) is 15.6. The van der Waals surface area contributed by atoms with Crippen molar-refractivity contribution >= 4 is 11.9 Å². The third-order valence-corrected chi connectivity index (χ3v) is 4.90. The van der Waals surface area contributed by atoms with Crippen LogP contribution in [0.4, 0.5) is 8.78 Å². The minimum atomic E-state index is -3.65. The van der Waals surface area contributed by atoms with E-state index in [2.05, 4.69) is 0 Å². The topological polar surface area (TPSA) is 55.8 Å². The molecule has 7 heteroatoms. The molecule has 28 heavy (non-hydrogen) atoms. The number of ether oxygens (including phenoxy) is 2. The number of hydrogen-bond acceptors (Lipinski definition) is 4. The van der Waals surface area contributed by atoms with Crippen LogP contribution in [-0.2, 0) is 20.9 Å². The monoisotopic (exact) mass is 389 g/mol. The zero-order valence-corrected chi connectivity index (χ0v) is 15.6. The Bertz CT molecular complexity index is 856. The normalized spacial score (nSPS) is 21.3. The summed E-state index contributed by atoms with van der Waals surface area (Å²) in [7, 11) is 2.64. The van der Waals surface area contributed by atoms with Crippen molar-refractivity contribution in [1.29, 1.82) is 0 Å². The number of amides is 1. The third-order valence-electron chi connectivity index (χ3n) is 4.90. The van der Waals surface area contributed by atoms with Gasteiger partial charge < -0.3 is 14.4 Å². The number of rotatable bonds is 5. The second kappa shape index (κ2) is 7.96. The van der Waals surface area contributed by atoms with Crippen molar-refractivity contribution in [3.8, 4) is 5.75 Å². The van der Waals surface area contributed by atoms with Gasteiger partial charge >= 0.3 is 11.9 Å². The first-order valence-corrected chi connectivity index (χ1v) is 8.82. The molecule has 2 aromatic carbocycles. The van der Waals surface area contributed by atoms with Crippen molar-refractivity contribution in [2.45, 2.75) is 24.9 Å². The fourth-order valence-corrected chi connectivity index (χ4v) is 3.58. The van der Waals surface area contributed by atoms with E-state index < -0.39 is 36.2 Å². The lowest BCUT2D eigenvalue weighted by Crippen LogP contribution is -2.55. The summed E-state index contributed by atoms with van der Waals surface area (Å²) in [5, 5.41) is 0. The van der Waals surface area contributed by atoms with Gasteiger partial charge in [0.05, 0.1) is 26.2 Å². The van der Waals surface area contributed by atoms with Gasteiger partial charge in [0, 0.05) is 13.0 Å². The average Bonchev–Trinajstić information content (AvgIpc) is 2.71. The highest BCUT2D eigenvalue weighted by Gasteiger charge is 2.55. The van der Waals surface area contributed by atoms with E-state index in [4.69, 9.17) is 9.47 Å². The molecule has 0 saturated carbocycles. The number of methoxy groups -OCH3 is 2. The van der Waals surface area contributed by atoms with E-state index >= 15 is 0 Å². The van der Waals surface area contributed by atoms with Crippen molar-refractivity contribution < 1.29 is 27.8 Å². The van der Waals surface area contributed by atoms with Gasteiger partial charge in [-0.3, -0.25) is 9.59 Å². The Labute approximate surface area is 161 Å². The van der Waals surface area contributed by atoms with Gasteiger partial charge in [0.2, 0.25) is 0 Å². The summed E-state index contributed by atoms with van der Waals surface area (Å²) >= 11 is 0. The van der Waals surface area contributed by atoms with Gasteiger partial charge in [-0.05, 0) is 23.3 Å². The second-order valence-electron chi connectivity index (χ2n) is 6.68. The van der Waals surface area contributed by atoms with Gasteiger partial charge in [-0.1, -0.05) is 42.5 Å². The summed E-state index contributed by atoms with van der Waals surface area (Å²) in [6, 6.07) is 14.7. The molecule has 5 nitrogen and oxygen atoms in total. The second-order valence-corrected chi connectivity index (χ2v) is 6.68. The molecule has 0 aliphatic carbocycles. The molecular formula is C21H21F2NO4. The molecule has 1 fully saturated rings. The molecule has 2 atom stereocenters. The fourth-order valence-electron chi connectivity index (χ4n) is 3.58. The number of carbonyl (C=O) groups excluding carboxylic acids is 2. The van der Waals surface area contributed by atoms with Gasteiger partial charge in [-0.2, -0.15) is 8.78 Å². The van der Waals surface area contributed by atoms with E-state index in [9.17, 15) is 18.4 Å². The van der Waals surface area contributed by atoms with Crippen LogP contribution in [0.25, 0.3) is 0 Å². The Morgan fingerprint density at radius 2 is 1.86 bits per heavy atom. The van der Waals surface area contributed by atoms with Gasteiger partial charge in [-0.15, -0.1) is 0 Å². The van der Waals surface area contributed by atoms with Crippen LogP contribution in [0.5, 0.6) is 5.75 Å². The molecule has 2 aromatic rings. The van der Waals surface area contributed by atoms with Crippen LogP contribution >= 0.6 is 0 Å². The molecule has 3 rings (SSSR count). The molecule has 1 aliphatic heterocycles. The van der Waals surface area contributed by atoms with Crippen LogP contribution in [0.15, 0.2) is 54.6 Å². The van der Waals surface area contributed by atoms with Crippen molar-refractivity contribution in [3.05, 3.63) is 65.7 Å². The summed E-state index contributed by atoms with van der Waals surface area (Å²) in [5.41, 5.74) is 1.22. The van der Waals surface area contributed by atoms with Crippen LogP contribution in [0.1, 0.15) is 23.6 Å². The van der Waals surface area contributed by atoms with E-state index in [1.165, 1.54) is 7.11 Å². The molecule has 0 aromatic heterocycles.